The Labute approximate surface area is 123 Å². The third-order valence-electron chi connectivity index (χ3n) is 4.38. The molecule has 0 aromatic rings. The predicted octanol–water partition coefficient (Wildman–Crippen LogP) is 1.20. The maximum absolute atomic E-state index is 12.3. The highest BCUT2D eigenvalue weighted by atomic mass is 32.2. The lowest BCUT2D eigenvalue weighted by Gasteiger charge is -2.24. The number of nitrogens with zero attached hydrogens (tertiary/aromatic N) is 1. The van der Waals surface area contributed by atoms with Gasteiger partial charge in [0.15, 0.2) is 0 Å². The van der Waals surface area contributed by atoms with E-state index in [0.717, 1.165) is 32.4 Å². The van der Waals surface area contributed by atoms with E-state index in [2.05, 4.69) is 30.4 Å². The van der Waals surface area contributed by atoms with Gasteiger partial charge in [0, 0.05) is 31.8 Å². The molecule has 2 aliphatic heterocycles. The van der Waals surface area contributed by atoms with Crippen molar-refractivity contribution in [1.82, 2.24) is 9.62 Å². The number of sulfonamides is 1. The molecule has 3 atom stereocenters. The lowest BCUT2D eigenvalue weighted by Crippen LogP contribution is -2.44. The SMILES string of the molecule is CC1CN(C(C)C)CC1NS(=O)(=O)CC1CCCCO1. The van der Waals surface area contributed by atoms with Gasteiger partial charge < -0.3 is 4.74 Å². The molecule has 2 heterocycles. The Balaban J connectivity index is 1.87. The summed E-state index contributed by atoms with van der Waals surface area (Å²) in [4.78, 5) is 2.33. The van der Waals surface area contributed by atoms with Crippen molar-refractivity contribution in [2.75, 3.05) is 25.4 Å². The molecule has 1 N–H and O–H groups in total. The average molecular weight is 304 g/mol. The standard InChI is InChI=1S/C14H28N2O3S/c1-11(2)16-8-12(3)14(9-16)15-20(17,18)10-13-6-4-5-7-19-13/h11-15H,4-10H2,1-3H3. The summed E-state index contributed by atoms with van der Waals surface area (Å²) in [6.07, 6.45) is 2.85. The molecule has 6 heteroatoms. The van der Waals surface area contributed by atoms with Crippen molar-refractivity contribution >= 4 is 10.0 Å². The van der Waals surface area contributed by atoms with Crippen LogP contribution in [-0.4, -0.2) is 57.0 Å². The lowest BCUT2D eigenvalue weighted by molar-refractivity contribution is 0.0303. The highest BCUT2D eigenvalue weighted by Gasteiger charge is 2.34. The molecular weight excluding hydrogens is 276 g/mol. The van der Waals surface area contributed by atoms with Crippen molar-refractivity contribution in [3.05, 3.63) is 0 Å². The van der Waals surface area contributed by atoms with Crippen LogP contribution in [0.15, 0.2) is 0 Å². The van der Waals surface area contributed by atoms with Gasteiger partial charge in [0.1, 0.15) is 0 Å². The summed E-state index contributed by atoms with van der Waals surface area (Å²) in [5.74, 6) is 0.470. The zero-order chi connectivity index (χ0) is 14.8. The first-order chi connectivity index (χ1) is 9.37. The third-order valence-corrected chi connectivity index (χ3v) is 5.85. The van der Waals surface area contributed by atoms with Crippen LogP contribution in [0, 0.1) is 5.92 Å². The van der Waals surface area contributed by atoms with E-state index in [1.807, 2.05) is 0 Å². The van der Waals surface area contributed by atoms with E-state index in [-0.39, 0.29) is 17.9 Å². The molecular formula is C14H28N2O3S. The minimum absolute atomic E-state index is 0.0333. The molecule has 2 fully saturated rings. The first-order valence-corrected chi connectivity index (χ1v) is 9.38. The van der Waals surface area contributed by atoms with Crippen LogP contribution in [-0.2, 0) is 14.8 Å². The minimum atomic E-state index is -3.25. The monoisotopic (exact) mass is 304 g/mol. The second-order valence-electron chi connectivity index (χ2n) is 6.52. The van der Waals surface area contributed by atoms with Crippen molar-refractivity contribution < 1.29 is 13.2 Å². The van der Waals surface area contributed by atoms with Gasteiger partial charge >= 0.3 is 0 Å². The van der Waals surface area contributed by atoms with Crippen LogP contribution in [0.4, 0.5) is 0 Å². The summed E-state index contributed by atoms with van der Waals surface area (Å²) in [5, 5.41) is 0. The Hall–Kier alpha value is -0.170. The maximum atomic E-state index is 12.3. The van der Waals surface area contributed by atoms with Crippen molar-refractivity contribution in [2.24, 2.45) is 5.92 Å². The van der Waals surface area contributed by atoms with Crippen LogP contribution < -0.4 is 4.72 Å². The smallest absolute Gasteiger partial charge is 0.214 e. The summed E-state index contributed by atoms with van der Waals surface area (Å²) in [6.45, 7) is 8.89. The molecule has 2 rings (SSSR count). The minimum Gasteiger partial charge on any atom is -0.377 e. The zero-order valence-electron chi connectivity index (χ0n) is 12.8. The van der Waals surface area contributed by atoms with Gasteiger partial charge in [0.25, 0.3) is 0 Å². The van der Waals surface area contributed by atoms with E-state index in [9.17, 15) is 8.42 Å². The van der Waals surface area contributed by atoms with Crippen LogP contribution in [0.5, 0.6) is 0 Å². The van der Waals surface area contributed by atoms with Crippen LogP contribution in [0.2, 0.25) is 0 Å². The van der Waals surface area contributed by atoms with Crippen molar-refractivity contribution in [3.63, 3.8) is 0 Å². The Kier molecular flexibility index (Phi) is 5.45. The predicted molar refractivity (Wildman–Crippen MR) is 80.2 cm³/mol. The van der Waals surface area contributed by atoms with E-state index >= 15 is 0 Å². The molecule has 0 spiro atoms. The van der Waals surface area contributed by atoms with Gasteiger partial charge in [-0.05, 0) is 39.0 Å². The first kappa shape index (κ1) is 16.2. The lowest BCUT2D eigenvalue weighted by atomic mass is 10.1. The topological polar surface area (TPSA) is 58.6 Å². The van der Waals surface area contributed by atoms with Gasteiger partial charge in [0.2, 0.25) is 10.0 Å². The normalized spacial score (nSPS) is 32.9. The number of ether oxygens (including phenoxy) is 1. The van der Waals surface area contributed by atoms with E-state index < -0.39 is 10.0 Å². The third kappa shape index (κ3) is 4.41. The van der Waals surface area contributed by atoms with Gasteiger partial charge in [-0.2, -0.15) is 0 Å². The van der Waals surface area contributed by atoms with Crippen molar-refractivity contribution in [1.29, 1.82) is 0 Å². The average Bonchev–Trinajstić information content (AvgIpc) is 2.71. The molecule has 3 unspecified atom stereocenters. The van der Waals surface area contributed by atoms with E-state index in [4.69, 9.17) is 4.74 Å². The fourth-order valence-corrected chi connectivity index (χ4v) is 4.66. The molecule has 0 bridgehead atoms. The van der Waals surface area contributed by atoms with Gasteiger partial charge in [-0.15, -0.1) is 0 Å². The summed E-state index contributed by atoms with van der Waals surface area (Å²) in [5.41, 5.74) is 0. The van der Waals surface area contributed by atoms with Crippen molar-refractivity contribution in [2.45, 2.75) is 58.2 Å². The number of nitrogens with one attached hydrogen (secondary N) is 1. The quantitative estimate of drug-likeness (QED) is 0.829. The van der Waals surface area contributed by atoms with Crippen molar-refractivity contribution in [3.8, 4) is 0 Å². The maximum Gasteiger partial charge on any atom is 0.214 e. The molecule has 2 saturated heterocycles. The second-order valence-corrected chi connectivity index (χ2v) is 8.32. The zero-order valence-corrected chi connectivity index (χ0v) is 13.7. The van der Waals surface area contributed by atoms with E-state index in [1.54, 1.807) is 0 Å². The molecule has 20 heavy (non-hydrogen) atoms. The number of hydrogen-bond donors (Lipinski definition) is 1. The van der Waals surface area contributed by atoms with Gasteiger partial charge in [-0.1, -0.05) is 6.92 Å². The highest BCUT2D eigenvalue weighted by molar-refractivity contribution is 7.89. The number of rotatable bonds is 5. The molecule has 0 aliphatic carbocycles. The fraction of sp³-hybridized carbons (Fsp3) is 1.00. The van der Waals surface area contributed by atoms with Crippen LogP contribution in [0.3, 0.4) is 0 Å². The summed E-state index contributed by atoms with van der Waals surface area (Å²) in [7, 11) is -3.25. The van der Waals surface area contributed by atoms with Crippen LogP contribution in [0.1, 0.15) is 40.0 Å². The summed E-state index contributed by atoms with van der Waals surface area (Å²) >= 11 is 0. The van der Waals surface area contributed by atoms with E-state index in [1.165, 1.54) is 0 Å². The van der Waals surface area contributed by atoms with Crippen LogP contribution in [0.25, 0.3) is 0 Å². The van der Waals surface area contributed by atoms with Crippen LogP contribution >= 0.6 is 0 Å². The molecule has 5 nitrogen and oxygen atoms in total. The van der Waals surface area contributed by atoms with Gasteiger partial charge in [0.05, 0.1) is 11.9 Å². The molecule has 0 aromatic carbocycles. The highest BCUT2D eigenvalue weighted by Crippen LogP contribution is 2.20. The molecule has 0 aromatic heterocycles. The van der Waals surface area contributed by atoms with E-state index in [0.29, 0.717) is 18.6 Å². The molecule has 118 valence electrons. The second kappa shape index (κ2) is 6.73. The molecule has 0 amide bonds. The fourth-order valence-electron chi connectivity index (χ4n) is 3.04. The molecule has 0 radical (unpaired) electrons. The van der Waals surface area contributed by atoms with Gasteiger partial charge in [-0.25, -0.2) is 13.1 Å². The van der Waals surface area contributed by atoms with Gasteiger partial charge in [-0.3, -0.25) is 4.90 Å². The number of likely N-dealkylation sites (tertiary alicyclic amines) is 1. The summed E-state index contributed by atoms with van der Waals surface area (Å²) < 4.78 is 33.0. The Bertz CT molecular complexity index is 405. The number of hydrogen-bond acceptors (Lipinski definition) is 4. The summed E-state index contributed by atoms with van der Waals surface area (Å²) in [6, 6.07) is 0.500. The molecule has 0 saturated carbocycles. The Morgan fingerprint density at radius 1 is 1.30 bits per heavy atom. The Morgan fingerprint density at radius 3 is 2.60 bits per heavy atom. The molecule has 2 aliphatic rings. The first-order valence-electron chi connectivity index (χ1n) is 7.73. The largest absolute Gasteiger partial charge is 0.377 e. The Morgan fingerprint density at radius 2 is 2.05 bits per heavy atom.